The highest BCUT2D eigenvalue weighted by Crippen LogP contribution is 2.24. The van der Waals surface area contributed by atoms with E-state index in [1.165, 1.54) is 0 Å². The summed E-state index contributed by atoms with van der Waals surface area (Å²) < 4.78 is 24.1. The second kappa shape index (κ2) is 7.42. The van der Waals surface area contributed by atoms with Crippen molar-refractivity contribution in [2.75, 3.05) is 0 Å². The average molecular weight is 317 g/mol. The summed E-state index contributed by atoms with van der Waals surface area (Å²) >= 11 is 0. The molecule has 22 heavy (non-hydrogen) atoms. The van der Waals surface area contributed by atoms with E-state index in [2.05, 4.69) is 0 Å². The molecule has 0 heterocycles. The first-order valence-corrected chi connectivity index (χ1v) is 8.72. The minimum Gasteiger partial charge on any atom is -0.491 e. The molecule has 1 radical (unpaired) electrons. The summed E-state index contributed by atoms with van der Waals surface area (Å²) in [5.41, 5.74) is 0. The molecule has 0 aromatic heterocycles. The Bertz CT molecular complexity index is 595. The molecular formula is C18H22O3P. The van der Waals surface area contributed by atoms with Gasteiger partial charge in [-0.05, 0) is 64.1 Å². The molecule has 0 spiro atoms. The van der Waals surface area contributed by atoms with Crippen molar-refractivity contribution in [1.82, 2.24) is 0 Å². The van der Waals surface area contributed by atoms with Crippen LogP contribution in [0.4, 0.5) is 0 Å². The number of hydrogen-bond donors (Lipinski definition) is 0. The van der Waals surface area contributed by atoms with E-state index in [0.29, 0.717) is 0 Å². The van der Waals surface area contributed by atoms with Crippen molar-refractivity contribution in [1.29, 1.82) is 0 Å². The molecule has 2 rings (SSSR count). The molecule has 0 unspecified atom stereocenters. The van der Waals surface area contributed by atoms with Crippen LogP contribution in [0.3, 0.4) is 0 Å². The smallest absolute Gasteiger partial charge is 0.136 e. The van der Waals surface area contributed by atoms with E-state index in [1.807, 2.05) is 76.2 Å². The highest BCUT2D eigenvalue weighted by atomic mass is 31.1. The van der Waals surface area contributed by atoms with Crippen molar-refractivity contribution in [2.24, 2.45) is 0 Å². The first kappa shape index (κ1) is 16.5. The standard InChI is InChI=1S/C18H22O3P/c1-13(2)20-15-7-5-9-17(11-15)22(19)18-10-6-8-16(12-18)21-14(3)4/h5-14H,1-4H3. The predicted molar refractivity (Wildman–Crippen MR) is 91.3 cm³/mol. The maximum Gasteiger partial charge on any atom is 0.136 e. The third kappa shape index (κ3) is 4.57. The summed E-state index contributed by atoms with van der Waals surface area (Å²) in [5.74, 6) is 1.48. The summed E-state index contributed by atoms with van der Waals surface area (Å²) in [6.45, 7) is 7.89. The van der Waals surface area contributed by atoms with E-state index >= 15 is 0 Å². The van der Waals surface area contributed by atoms with Gasteiger partial charge in [-0.1, -0.05) is 12.1 Å². The van der Waals surface area contributed by atoms with Crippen LogP contribution in [0.5, 0.6) is 11.5 Å². The van der Waals surface area contributed by atoms with Crippen LogP contribution >= 0.6 is 7.80 Å². The molecule has 4 heteroatoms. The van der Waals surface area contributed by atoms with Gasteiger partial charge in [-0.15, -0.1) is 0 Å². The molecule has 0 bridgehead atoms. The lowest BCUT2D eigenvalue weighted by atomic mass is 10.3. The molecule has 0 N–H and O–H groups in total. The SMILES string of the molecule is CC(C)Oc1cccc([P](=O)c2cccc(OC(C)C)c2)c1. The molecule has 0 atom stereocenters. The first-order chi connectivity index (χ1) is 10.5. The van der Waals surface area contributed by atoms with Gasteiger partial charge < -0.3 is 9.47 Å². The van der Waals surface area contributed by atoms with Crippen LogP contribution in [0.1, 0.15) is 27.7 Å². The summed E-state index contributed by atoms with van der Waals surface area (Å²) in [6, 6.07) is 14.9. The zero-order valence-electron chi connectivity index (χ0n) is 13.4. The molecule has 3 nitrogen and oxygen atoms in total. The average Bonchev–Trinajstić information content (AvgIpc) is 2.45. The fourth-order valence-electron chi connectivity index (χ4n) is 2.06. The Morgan fingerprint density at radius 1 is 0.773 bits per heavy atom. The molecular weight excluding hydrogens is 295 g/mol. The Kier molecular flexibility index (Phi) is 5.57. The van der Waals surface area contributed by atoms with Crippen LogP contribution in [0.15, 0.2) is 48.5 Å². The Hall–Kier alpha value is -1.86. The minimum absolute atomic E-state index is 0.0934. The largest absolute Gasteiger partial charge is 0.491 e. The Balaban J connectivity index is 2.24. The number of rotatable bonds is 6. The summed E-state index contributed by atoms with van der Waals surface area (Å²) in [4.78, 5) is 0. The van der Waals surface area contributed by atoms with Gasteiger partial charge in [0.15, 0.2) is 0 Å². The monoisotopic (exact) mass is 317 g/mol. The lowest BCUT2D eigenvalue weighted by Gasteiger charge is -2.12. The van der Waals surface area contributed by atoms with Crippen LogP contribution in [0.2, 0.25) is 0 Å². The number of benzene rings is 2. The first-order valence-electron chi connectivity index (χ1n) is 7.46. The van der Waals surface area contributed by atoms with Gasteiger partial charge in [0.05, 0.1) is 12.2 Å². The van der Waals surface area contributed by atoms with Crippen molar-refractivity contribution in [2.45, 2.75) is 39.9 Å². The van der Waals surface area contributed by atoms with Gasteiger partial charge in [0.1, 0.15) is 19.3 Å². The second-order valence-corrected chi connectivity index (χ2v) is 7.24. The highest BCUT2D eigenvalue weighted by molar-refractivity contribution is 7.61. The van der Waals surface area contributed by atoms with Gasteiger partial charge >= 0.3 is 0 Å². The third-order valence-electron chi connectivity index (χ3n) is 2.85. The summed E-state index contributed by atoms with van der Waals surface area (Å²) in [5, 5.41) is 1.52. The van der Waals surface area contributed by atoms with E-state index in [-0.39, 0.29) is 12.2 Å². The van der Waals surface area contributed by atoms with Crippen LogP contribution in [0, 0.1) is 0 Å². The van der Waals surface area contributed by atoms with Crippen molar-refractivity contribution in [3.63, 3.8) is 0 Å². The Morgan fingerprint density at radius 2 is 1.18 bits per heavy atom. The molecule has 2 aromatic carbocycles. The molecule has 0 fully saturated rings. The lowest BCUT2D eigenvalue weighted by molar-refractivity contribution is 0.242. The quantitative estimate of drug-likeness (QED) is 0.754. The Labute approximate surface area is 133 Å². The van der Waals surface area contributed by atoms with E-state index in [9.17, 15) is 4.57 Å². The fourth-order valence-corrected chi connectivity index (χ4v) is 3.29. The Morgan fingerprint density at radius 3 is 1.55 bits per heavy atom. The summed E-state index contributed by atoms with van der Waals surface area (Å²) in [6.07, 6.45) is 0.187. The van der Waals surface area contributed by atoms with Crippen LogP contribution in [-0.2, 0) is 4.57 Å². The second-order valence-electron chi connectivity index (χ2n) is 5.62. The van der Waals surface area contributed by atoms with Gasteiger partial charge in [0.25, 0.3) is 0 Å². The van der Waals surface area contributed by atoms with Crippen LogP contribution in [-0.4, -0.2) is 12.2 Å². The molecule has 0 aliphatic heterocycles. The zero-order valence-corrected chi connectivity index (χ0v) is 14.3. The maximum absolute atomic E-state index is 12.8. The van der Waals surface area contributed by atoms with Gasteiger partial charge in [-0.2, -0.15) is 0 Å². The molecule has 2 aromatic rings. The van der Waals surface area contributed by atoms with Crippen molar-refractivity contribution >= 4 is 18.4 Å². The third-order valence-corrected chi connectivity index (χ3v) is 4.34. The number of hydrogen-bond acceptors (Lipinski definition) is 3. The van der Waals surface area contributed by atoms with Gasteiger partial charge in [-0.25, -0.2) is 0 Å². The van der Waals surface area contributed by atoms with Crippen molar-refractivity contribution < 1.29 is 14.0 Å². The van der Waals surface area contributed by atoms with E-state index < -0.39 is 7.80 Å². The van der Waals surface area contributed by atoms with Gasteiger partial charge in [0, 0.05) is 10.6 Å². The maximum atomic E-state index is 12.8. The van der Waals surface area contributed by atoms with Crippen molar-refractivity contribution in [3.8, 4) is 11.5 Å². The minimum atomic E-state index is -1.66. The van der Waals surface area contributed by atoms with Gasteiger partial charge in [0.2, 0.25) is 0 Å². The molecule has 0 saturated carbocycles. The predicted octanol–water partition coefficient (Wildman–Crippen LogP) is 4.04. The molecule has 117 valence electrons. The molecule has 0 saturated heterocycles. The van der Waals surface area contributed by atoms with Crippen molar-refractivity contribution in [3.05, 3.63) is 48.5 Å². The van der Waals surface area contributed by atoms with E-state index in [0.717, 1.165) is 22.1 Å². The molecule has 0 aliphatic carbocycles. The fraction of sp³-hybridized carbons (Fsp3) is 0.333. The topological polar surface area (TPSA) is 35.5 Å². The van der Waals surface area contributed by atoms with E-state index in [4.69, 9.17) is 9.47 Å². The van der Waals surface area contributed by atoms with Gasteiger partial charge in [-0.3, -0.25) is 4.57 Å². The molecule has 0 aliphatic rings. The normalized spacial score (nSPS) is 10.8. The van der Waals surface area contributed by atoms with Crippen LogP contribution in [0.25, 0.3) is 0 Å². The number of ether oxygens (including phenoxy) is 2. The highest BCUT2D eigenvalue weighted by Gasteiger charge is 2.11. The zero-order chi connectivity index (χ0) is 16.1. The molecule has 0 amide bonds. The van der Waals surface area contributed by atoms with Crippen LogP contribution < -0.4 is 20.1 Å². The van der Waals surface area contributed by atoms with E-state index in [1.54, 1.807) is 0 Å². The summed E-state index contributed by atoms with van der Waals surface area (Å²) in [7, 11) is -1.66. The lowest BCUT2D eigenvalue weighted by Crippen LogP contribution is -2.11.